The maximum Gasteiger partial charge on any atom is 0.0163 e. The summed E-state index contributed by atoms with van der Waals surface area (Å²) in [4.78, 5) is 2.33. The second-order valence-electron chi connectivity index (χ2n) is 3.19. The number of unbranched alkanes of at least 4 members (excludes halogenated alkanes) is 2. The van der Waals surface area contributed by atoms with Gasteiger partial charge in [-0.25, -0.2) is 0 Å². The summed E-state index contributed by atoms with van der Waals surface area (Å²) in [6.45, 7) is 11.3. The van der Waals surface area contributed by atoms with E-state index in [1.54, 1.807) is 0 Å². The second-order valence-corrected chi connectivity index (χ2v) is 3.19. The lowest BCUT2D eigenvalue weighted by Gasteiger charge is -2.18. The molecule has 0 atom stereocenters. The van der Waals surface area contributed by atoms with Crippen LogP contribution in [0.4, 0.5) is 0 Å². The van der Waals surface area contributed by atoms with E-state index in [1.165, 1.54) is 12.8 Å². The van der Waals surface area contributed by atoms with Crippen LogP contribution >= 0.6 is 0 Å². The molecule has 0 bridgehead atoms. The Morgan fingerprint density at radius 2 is 1.62 bits per heavy atom. The van der Waals surface area contributed by atoms with Gasteiger partial charge in [-0.1, -0.05) is 18.6 Å². The molecule has 2 N–H and O–H groups in total. The van der Waals surface area contributed by atoms with Gasteiger partial charge >= 0.3 is 0 Å². The first-order valence-electron chi connectivity index (χ1n) is 4.99. The van der Waals surface area contributed by atoms with Gasteiger partial charge in [-0.3, -0.25) is 4.90 Å². The minimum atomic E-state index is 0.808. The fourth-order valence-corrected chi connectivity index (χ4v) is 1.28. The van der Waals surface area contributed by atoms with Crippen molar-refractivity contribution in [3.05, 3.63) is 25.3 Å². The summed E-state index contributed by atoms with van der Waals surface area (Å²) in [5, 5.41) is 0. The molecule has 2 heteroatoms. The molecular weight excluding hydrogens is 160 g/mol. The summed E-state index contributed by atoms with van der Waals surface area (Å²) in [6, 6.07) is 0. The third kappa shape index (κ3) is 7.75. The predicted molar refractivity (Wildman–Crippen MR) is 59.7 cm³/mol. The third-order valence-electron chi connectivity index (χ3n) is 1.95. The van der Waals surface area contributed by atoms with Crippen molar-refractivity contribution in [1.82, 2.24) is 4.90 Å². The van der Waals surface area contributed by atoms with E-state index in [1.807, 2.05) is 12.2 Å². The molecule has 0 unspecified atom stereocenters. The summed E-state index contributed by atoms with van der Waals surface area (Å²) >= 11 is 0. The number of hydrogen-bond acceptors (Lipinski definition) is 2. The zero-order chi connectivity index (χ0) is 9.94. The quantitative estimate of drug-likeness (QED) is 0.435. The highest BCUT2D eigenvalue weighted by Gasteiger charge is 1.98. The maximum absolute atomic E-state index is 5.42. The van der Waals surface area contributed by atoms with E-state index in [0.29, 0.717) is 0 Å². The molecule has 0 radical (unpaired) electrons. The summed E-state index contributed by atoms with van der Waals surface area (Å²) in [5.74, 6) is 0. The van der Waals surface area contributed by atoms with Crippen LogP contribution in [0.3, 0.4) is 0 Å². The second kappa shape index (κ2) is 9.49. The summed E-state index contributed by atoms with van der Waals surface area (Å²) in [6.07, 6.45) is 7.45. The van der Waals surface area contributed by atoms with Crippen molar-refractivity contribution >= 4 is 0 Å². The first-order chi connectivity index (χ1) is 6.35. The molecule has 0 aromatic carbocycles. The Bertz CT molecular complexity index is 122. The van der Waals surface area contributed by atoms with E-state index < -0.39 is 0 Å². The fourth-order valence-electron chi connectivity index (χ4n) is 1.28. The molecule has 0 amide bonds. The Labute approximate surface area is 82.1 Å². The SMILES string of the molecule is C=CCN(CC=C)CCCCCN. The average Bonchev–Trinajstić information content (AvgIpc) is 2.13. The van der Waals surface area contributed by atoms with E-state index in [4.69, 9.17) is 5.73 Å². The van der Waals surface area contributed by atoms with Gasteiger partial charge in [-0.15, -0.1) is 13.2 Å². The van der Waals surface area contributed by atoms with Crippen LogP contribution in [0.15, 0.2) is 25.3 Å². The molecular formula is C11H22N2. The molecule has 0 saturated carbocycles. The van der Waals surface area contributed by atoms with Crippen molar-refractivity contribution < 1.29 is 0 Å². The molecule has 0 heterocycles. The molecule has 0 aromatic rings. The molecule has 76 valence electrons. The molecule has 0 aliphatic carbocycles. The van der Waals surface area contributed by atoms with Crippen LogP contribution in [-0.4, -0.2) is 31.1 Å². The lowest BCUT2D eigenvalue weighted by Crippen LogP contribution is -2.25. The Balaban J connectivity index is 3.43. The van der Waals surface area contributed by atoms with Gasteiger partial charge in [0.15, 0.2) is 0 Å². The monoisotopic (exact) mass is 182 g/mol. The van der Waals surface area contributed by atoms with Gasteiger partial charge in [-0.2, -0.15) is 0 Å². The Kier molecular flexibility index (Phi) is 9.05. The highest BCUT2D eigenvalue weighted by atomic mass is 15.1. The standard InChI is InChI=1S/C11H22N2/c1-3-9-13(10-4-2)11-7-5-6-8-12/h3-4H,1-2,5-12H2. The summed E-state index contributed by atoms with van der Waals surface area (Å²) < 4.78 is 0. The molecule has 0 saturated heterocycles. The molecule has 0 spiro atoms. The van der Waals surface area contributed by atoms with Crippen molar-refractivity contribution in [2.75, 3.05) is 26.2 Å². The highest BCUT2D eigenvalue weighted by Crippen LogP contribution is 1.98. The lowest BCUT2D eigenvalue weighted by atomic mass is 10.2. The average molecular weight is 182 g/mol. The fraction of sp³-hybridized carbons (Fsp3) is 0.636. The normalized spacial score (nSPS) is 10.3. The van der Waals surface area contributed by atoms with Gasteiger partial charge < -0.3 is 5.73 Å². The molecule has 2 nitrogen and oxygen atoms in total. The molecule has 0 aromatic heterocycles. The van der Waals surface area contributed by atoms with Crippen LogP contribution in [0.2, 0.25) is 0 Å². The summed E-state index contributed by atoms with van der Waals surface area (Å²) in [5.41, 5.74) is 5.42. The molecule has 13 heavy (non-hydrogen) atoms. The largest absolute Gasteiger partial charge is 0.330 e. The van der Waals surface area contributed by atoms with Crippen LogP contribution < -0.4 is 5.73 Å². The van der Waals surface area contributed by atoms with Crippen molar-refractivity contribution in [3.63, 3.8) is 0 Å². The van der Waals surface area contributed by atoms with Gasteiger partial charge in [0.25, 0.3) is 0 Å². The van der Waals surface area contributed by atoms with E-state index in [-0.39, 0.29) is 0 Å². The minimum absolute atomic E-state index is 0.808. The van der Waals surface area contributed by atoms with Gasteiger partial charge in [-0.05, 0) is 25.9 Å². The number of hydrogen-bond donors (Lipinski definition) is 1. The highest BCUT2D eigenvalue weighted by molar-refractivity contribution is 4.79. The number of rotatable bonds is 9. The van der Waals surface area contributed by atoms with Crippen LogP contribution in [0.5, 0.6) is 0 Å². The van der Waals surface area contributed by atoms with Gasteiger partial charge in [0.2, 0.25) is 0 Å². The van der Waals surface area contributed by atoms with E-state index in [0.717, 1.165) is 32.6 Å². The van der Waals surface area contributed by atoms with Crippen LogP contribution in [-0.2, 0) is 0 Å². The Hall–Kier alpha value is -0.600. The van der Waals surface area contributed by atoms with E-state index in [9.17, 15) is 0 Å². The minimum Gasteiger partial charge on any atom is -0.330 e. The number of nitrogens with zero attached hydrogens (tertiary/aromatic N) is 1. The van der Waals surface area contributed by atoms with Crippen LogP contribution in [0.1, 0.15) is 19.3 Å². The lowest BCUT2D eigenvalue weighted by molar-refractivity contribution is 0.325. The van der Waals surface area contributed by atoms with Crippen molar-refractivity contribution in [1.29, 1.82) is 0 Å². The first-order valence-corrected chi connectivity index (χ1v) is 4.99. The molecule has 0 fully saturated rings. The van der Waals surface area contributed by atoms with Gasteiger partial charge in [0, 0.05) is 13.1 Å². The molecule has 0 aliphatic rings. The van der Waals surface area contributed by atoms with Gasteiger partial charge in [0.05, 0.1) is 0 Å². The van der Waals surface area contributed by atoms with E-state index in [2.05, 4.69) is 18.1 Å². The van der Waals surface area contributed by atoms with Crippen molar-refractivity contribution in [2.24, 2.45) is 5.73 Å². The molecule has 0 aliphatic heterocycles. The number of nitrogens with two attached hydrogens (primary N) is 1. The molecule has 0 rings (SSSR count). The zero-order valence-electron chi connectivity index (χ0n) is 8.54. The van der Waals surface area contributed by atoms with Crippen LogP contribution in [0, 0.1) is 0 Å². The van der Waals surface area contributed by atoms with Crippen molar-refractivity contribution in [2.45, 2.75) is 19.3 Å². The smallest absolute Gasteiger partial charge is 0.0163 e. The van der Waals surface area contributed by atoms with E-state index >= 15 is 0 Å². The predicted octanol–water partition coefficient (Wildman–Crippen LogP) is 1.79. The zero-order valence-corrected chi connectivity index (χ0v) is 8.54. The van der Waals surface area contributed by atoms with Gasteiger partial charge in [0.1, 0.15) is 0 Å². The first kappa shape index (κ1) is 12.4. The Morgan fingerprint density at radius 3 is 2.08 bits per heavy atom. The maximum atomic E-state index is 5.42. The third-order valence-corrected chi connectivity index (χ3v) is 1.95. The van der Waals surface area contributed by atoms with Crippen LogP contribution in [0.25, 0.3) is 0 Å². The van der Waals surface area contributed by atoms with Crippen molar-refractivity contribution in [3.8, 4) is 0 Å². The topological polar surface area (TPSA) is 29.3 Å². The summed E-state index contributed by atoms with van der Waals surface area (Å²) in [7, 11) is 0. The Morgan fingerprint density at radius 1 is 1.00 bits per heavy atom.